The third-order valence-electron chi connectivity index (χ3n) is 3.77. The van der Waals surface area contributed by atoms with Gasteiger partial charge in [-0.1, -0.05) is 36.4 Å². The molecule has 0 unspecified atom stereocenters. The van der Waals surface area contributed by atoms with Gasteiger partial charge in [-0.05, 0) is 35.8 Å². The molecule has 1 aliphatic rings. The van der Waals surface area contributed by atoms with E-state index in [1.54, 1.807) is 24.3 Å². The number of carbonyl (C=O) groups is 2. The number of hydrogen-bond donors (Lipinski definition) is 0. The summed E-state index contributed by atoms with van der Waals surface area (Å²) in [6, 6.07) is 14.5. The molecule has 0 radical (unpaired) electrons. The highest BCUT2D eigenvalue weighted by molar-refractivity contribution is 6.39. The quantitative estimate of drug-likeness (QED) is 0.788. The number of hydrogen-bond acceptors (Lipinski definition) is 3. The second-order valence-electron chi connectivity index (χ2n) is 4.94. The van der Waals surface area contributed by atoms with Crippen LogP contribution < -0.4 is 0 Å². The number of esters is 1. The molecule has 2 aromatic carbocycles. The summed E-state index contributed by atoms with van der Waals surface area (Å²) >= 11 is 0. The van der Waals surface area contributed by atoms with Gasteiger partial charge in [0.25, 0.3) is 0 Å². The Labute approximate surface area is 122 Å². The molecule has 21 heavy (non-hydrogen) atoms. The van der Waals surface area contributed by atoms with Gasteiger partial charge in [0.2, 0.25) is 0 Å². The molecule has 0 bridgehead atoms. The minimum absolute atomic E-state index is 0.0360. The van der Waals surface area contributed by atoms with Crippen LogP contribution in [0.3, 0.4) is 0 Å². The molecule has 0 fully saturated rings. The molecule has 1 aliphatic carbocycles. The van der Waals surface area contributed by atoms with Crippen molar-refractivity contribution in [1.29, 1.82) is 0 Å². The molecule has 0 atom stereocenters. The highest BCUT2D eigenvalue weighted by atomic mass is 16.5. The van der Waals surface area contributed by atoms with Gasteiger partial charge >= 0.3 is 5.97 Å². The minimum Gasteiger partial charge on any atom is -0.465 e. The maximum atomic E-state index is 12.5. The van der Waals surface area contributed by atoms with E-state index in [2.05, 4.69) is 4.74 Å². The molecule has 0 N–H and O–H groups in total. The van der Waals surface area contributed by atoms with E-state index < -0.39 is 0 Å². The lowest BCUT2D eigenvalue weighted by Gasteiger charge is -2.05. The molecule has 3 heteroatoms. The average Bonchev–Trinajstić information content (AvgIpc) is 2.79. The third kappa shape index (κ3) is 2.07. The van der Waals surface area contributed by atoms with E-state index in [1.165, 1.54) is 7.11 Å². The van der Waals surface area contributed by atoms with Gasteiger partial charge in [-0.3, -0.25) is 4.79 Å². The van der Waals surface area contributed by atoms with E-state index in [0.29, 0.717) is 11.1 Å². The number of methoxy groups -OCH3 is 1. The Morgan fingerprint density at radius 3 is 2.14 bits per heavy atom. The van der Waals surface area contributed by atoms with Crippen molar-refractivity contribution in [1.82, 2.24) is 0 Å². The van der Waals surface area contributed by atoms with Crippen LogP contribution in [0.25, 0.3) is 11.1 Å². The number of carbonyl (C=O) groups excluding carboxylic acids is 2. The highest BCUT2D eigenvalue weighted by Gasteiger charge is 2.27. The smallest absolute Gasteiger partial charge is 0.337 e. The molecule has 3 nitrogen and oxygen atoms in total. The van der Waals surface area contributed by atoms with Crippen LogP contribution in [0.1, 0.15) is 38.8 Å². The summed E-state index contributed by atoms with van der Waals surface area (Å²) in [5.41, 5.74) is 4.69. The largest absolute Gasteiger partial charge is 0.465 e. The first-order chi connectivity index (χ1) is 10.1. The number of allylic oxidation sites excluding steroid dienone is 2. The van der Waals surface area contributed by atoms with Crippen molar-refractivity contribution in [2.75, 3.05) is 7.11 Å². The van der Waals surface area contributed by atoms with E-state index in [9.17, 15) is 9.59 Å². The lowest BCUT2D eigenvalue weighted by molar-refractivity contribution is 0.0600. The van der Waals surface area contributed by atoms with Gasteiger partial charge in [0.15, 0.2) is 5.78 Å². The zero-order valence-electron chi connectivity index (χ0n) is 11.8. The Kier molecular flexibility index (Phi) is 3.18. The summed E-state index contributed by atoms with van der Waals surface area (Å²) < 4.78 is 4.68. The maximum Gasteiger partial charge on any atom is 0.337 e. The van der Waals surface area contributed by atoms with Crippen LogP contribution >= 0.6 is 0 Å². The third-order valence-corrected chi connectivity index (χ3v) is 3.77. The van der Waals surface area contributed by atoms with Gasteiger partial charge in [-0.25, -0.2) is 4.79 Å². The van der Waals surface area contributed by atoms with Gasteiger partial charge in [0, 0.05) is 11.1 Å². The molecule has 0 amide bonds. The normalized spacial score (nSPS) is 13.3. The van der Waals surface area contributed by atoms with Crippen LogP contribution in [0, 0.1) is 0 Å². The fourth-order valence-corrected chi connectivity index (χ4v) is 2.69. The second-order valence-corrected chi connectivity index (χ2v) is 4.94. The summed E-state index contributed by atoms with van der Waals surface area (Å²) in [5, 5.41) is 0. The molecule has 0 saturated heterocycles. The summed E-state index contributed by atoms with van der Waals surface area (Å²) in [5.74, 6) is -0.345. The van der Waals surface area contributed by atoms with Crippen molar-refractivity contribution >= 4 is 22.9 Å². The molecule has 104 valence electrons. The molecule has 0 saturated carbocycles. The first-order valence-corrected chi connectivity index (χ1v) is 6.67. The Hall–Kier alpha value is -2.68. The Morgan fingerprint density at radius 1 is 0.952 bits per heavy atom. The van der Waals surface area contributed by atoms with Crippen LogP contribution in [0.5, 0.6) is 0 Å². The number of ether oxygens (including phenoxy) is 1. The van der Waals surface area contributed by atoms with Crippen molar-refractivity contribution in [2.24, 2.45) is 0 Å². The van der Waals surface area contributed by atoms with Gasteiger partial charge in [-0.15, -0.1) is 0 Å². The Balaban J connectivity index is 2.04. The van der Waals surface area contributed by atoms with Crippen molar-refractivity contribution in [2.45, 2.75) is 6.92 Å². The van der Waals surface area contributed by atoms with E-state index in [-0.39, 0.29) is 11.8 Å². The van der Waals surface area contributed by atoms with Gasteiger partial charge < -0.3 is 4.74 Å². The van der Waals surface area contributed by atoms with Gasteiger partial charge in [0.1, 0.15) is 0 Å². The SMILES string of the molecule is COC(=O)c1ccc(C2=C(C)c3ccccc3C2=O)cc1. The topological polar surface area (TPSA) is 43.4 Å². The van der Waals surface area contributed by atoms with Crippen molar-refractivity contribution in [3.63, 3.8) is 0 Å². The van der Waals surface area contributed by atoms with Crippen LogP contribution in [-0.2, 0) is 4.74 Å². The average molecular weight is 278 g/mol. The predicted molar refractivity (Wildman–Crippen MR) is 81.0 cm³/mol. The molecule has 3 rings (SSSR count). The minimum atomic E-state index is -0.381. The highest BCUT2D eigenvalue weighted by Crippen LogP contribution is 2.37. The van der Waals surface area contributed by atoms with Gasteiger partial charge in [-0.2, -0.15) is 0 Å². The summed E-state index contributed by atoms with van der Waals surface area (Å²) in [6.07, 6.45) is 0. The maximum absolute atomic E-state index is 12.5. The fraction of sp³-hybridized carbons (Fsp3) is 0.111. The van der Waals surface area contributed by atoms with Crippen LogP contribution in [0.4, 0.5) is 0 Å². The van der Waals surface area contributed by atoms with E-state index in [0.717, 1.165) is 22.3 Å². The molecule has 0 heterocycles. The van der Waals surface area contributed by atoms with Crippen LogP contribution in [0.15, 0.2) is 48.5 Å². The molecular weight excluding hydrogens is 264 g/mol. The number of fused-ring (bicyclic) bond motifs is 1. The van der Waals surface area contributed by atoms with E-state index >= 15 is 0 Å². The van der Waals surface area contributed by atoms with Crippen molar-refractivity contribution < 1.29 is 14.3 Å². The molecule has 0 aliphatic heterocycles. The standard InChI is InChI=1S/C18H14O3/c1-11-14-5-3-4-6-15(14)17(19)16(11)12-7-9-13(10-8-12)18(20)21-2/h3-10H,1-2H3. The monoisotopic (exact) mass is 278 g/mol. The predicted octanol–water partition coefficient (Wildman–Crippen LogP) is 3.60. The fourth-order valence-electron chi connectivity index (χ4n) is 2.69. The Morgan fingerprint density at radius 2 is 1.57 bits per heavy atom. The lowest BCUT2D eigenvalue weighted by atomic mass is 9.99. The van der Waals surface area contributed by atoms with Crippen molar-refractivity contribution in [3.05, 3.63) is 70.8 Å². The molecule has 2 aromatic rings. The lowest BCUT2D eigenvalue weighted by Crippen LogP contribution is -2.02. The van der Waals surface area contributed by atoms with Crippen LogP contribution in [0.2, 0.25) is 0 Å². The summed E-state index contributed by atoms with van der Waals surface area (Å²) in [4.78, 5) is 24.0. The molecular formula is C18H14O3. The zero-order chi connectivity index (χ0) is 15.0. The first kappa shape index (κ1) is 13.3. The number of benzene rings is 2. The zero-order valence-corrected chi connectivity index (χ0v) is 11.8. The molecule has 0 spiro atoms. The number of Topliss-reactive ketones (excluding diaryl/α,β-unsaturated/α-hetero) is 1. The van der Waals surface area contributed by atoms with E-state index in [1.807, 2.05) is 31.2 Å². The van der Waals surface area contributed by atoms with Crippen LogP contribution in [-0.4, -0.2) is 18.9 Å². The van der Waals surface area contributed by atoms with E-state index in [4.69, 9.17) is 0 Å². The molecule has 0 aromatic heterocycles. The van der Waals surface area contributed by atoms with Crippen molar-refractivity contribution in [3.8, 4) is 0 Å². The first-order valence-electron chi connectivity index (χ1n) is 6.67. The summed E-state index contributed by atoms with van der Waals surface area (Å²) in [6.45, 7) is 1.95. The Bertz CT molecular complexity index is 767. The summed E-state index contributed by atoms with van der Waals surface area (Å²) in [7, 11) is 1.35. The number of ketones is 1. The second kappa shape index (κ2) is 5.02. The van der Waals surface area contributed by atoms with Gasteiger partial charge in [0.05, 0.1) is 12.7 Å². The number of rotatable bonds is 2.